The molecule has 1 fully saturated rings. The Balaban J connectivity index is 1.91. The molecule has 0 bridgehead atoms. The van der Waals surface area contributed by atoms with Crippen molar-refractivity contribution >= 4 is 0 Å². The number of rotatable bonds is 3. The van der Waals surface area contributed by atoms with Gasteiger partial charge in [-0.2, -0.15) is 0 Å². The topological polar surface area (TPSA) is 49.5 Å². The Hall–Kier alpha value is -1.84. The Morgan fingerprint density at radius 1 is 0.864 bits per heavy atom. The molecule has 3 heteroatoms. The van der Waals surface area contributed by atoms with E-state index in [2.05, 4.69) is 4.90 Å². The molecule has 0 radical (unpaired) electrons. The number of hydrogen-bond acceptors (Lipinski definition) is 3. The van der Waals surface area contributed by atoms with Gasteiger partial charge in [-0.15, -0.1) is 0 Å². The van der Waals surface area contributed by atoms with Gasteiger partial charge in [0.1, 0.15) is 5.75 Å². The zero-order valence-corrected chi connectivity index (χ0v) is 12.9. The first-order valence-electron chi connectivity index (χ1n) is 8.14. The first-order chi connectivity index (χ1) is 10.8. The summed E-state index contributed by atoms with van der Waals surface area (Å²) in [6, 6.07) is 15.8. The summed E-state index contributed by atoms with van der Waals surface area (Å²) in [6.45, 7) is 2.02. The van der Waals surface area contributed by atoms with Crippen molar-refractivity contribution in [1.82, 2.24) is 4.90 Å². The fraction of sp³-hybridized carbons (Fsp3) is 0.368. The molecule has 1 heterocycles. The van der Waals surface area contributed by atoms with Gasteiger partial charge in [0.05, 0.1) is 6.17 Å². The minimum Gasteiger partial charge on any atom is -0.507 e. The number of hydrogen-bond donors (Lipinski definition) is 2. The van der Waals surface area contributed by atoms with E-state index < -0.39 is 0 Å². The van der Waals surface area contributed by atoms with Gasteiger partial charge in [-0.05, 0) is 31.5 Å². The Kier molecular flexibility index (Phi) is 4.76. The van der Waals surface area contributed by atoms with Gasteiger partial charge in [0.25, 0.3) is 0 Å². The number of phenolic OH excluding ortho intramolecular Hbond substituents is 1. The minimum atomic E-state index is -0.234. The maximum atomic E-state index is 10.7. The number of benzene rings is 2. The third-order valence-corrected chi connectivity index (χ3v) is 4.50. The predicted octanol–water partition coefficient (Wildman–Crippen LogP) is 3.89. The standard InChI is InChI=1S/C19H24N2O/c20-19(21-13-6-1-2-7-14-21)17-12-8-11-16(18(17)22)15-9-4-3-5-10-15/h3-5,8-12,19,22H,1-2,6-7,13-14,20H2. The molecule has 22 heavy (non-hydrogen) atoms. The Labute approximate surface area is 132 Å². The van der Waals surface area contributed by atoms with Crippen molar-refractivity contribution in [3.63, 3.8) is 0 Å². The monoisotopic (exact) mass is 296 g/mol. The van der Waals surface area contributed by atoms with Crippen LogP contribution in [0, 0.1) is 0 Å². The van der Waals surface area contributed by atoms with E-state index >= 15 is 0 Å². The van der Waals surface area contributed by atoms with Gasteiger partial charge in [0.2, 0.25) is 0 Å². The van der Waals surface area contributed by atoms with Crippen LogP contribution in [0.1, 0.15) is 37.4 Å². The van der Waals surface area contributed by atoms with Gasteiger partial charge in [-0.3, -0.25) is 4.90 Å². The molecule has 1 aliphatic rings. The van der Waals surface area contributed by atoms with E-state index in [1.54, 1.807) is 0 Å². The highest BCUT2D eigenvalue weighted by molar-refractivity contribution is 5.71. The maximum Gasteiger partial charge on any atom is 0.129 e. The zero-order valence-electron chi connectivity index (χ0n) is 12.9. The lowest BCUT2D eigenvalue weighted by molar-refractivity contribution is 0.206. The molecule has 3 nitrogen and oxygen atoms in total. The summed E-state index contributed by atoms with van der Waals surface area (Å²) in [4.78, 5) is 2.29. The fourth-order valence-electron chi connectivity index (χ4n) is 3.22. The van der Waals surface area contributed by atoms with E-state index in [4.69, 9.17) is 5.73 Å². The Morgan fingerprint density at radius 2 is 1.55 bits per heavy atom. The molecule has 0 aromatic heterocycles. The van der Waals surface area contributed by atoms with Crippen molar-refractivity contribution < 1.29 is 5.11 Å². The lowest BCUT2D eigenvalue weighted by Crippen LogP contribution is -2.35. The van der Waals surface area contributed by atoms with Crippen molar-refractivity contribution in [2.75, 3.05) is 13.1 Å². The lowest BCUT2D eigenvalue weighted by atomic mass is 10.00. The van der Waals surface area contributed by atoms with Gasteiger partial charge < -0.3 is 10.8 Å². The molecule has 0 amide bonds. The van der Waals surface area contributed by atoms with Gasteiger partial charge in [0.15, 0.2) is 0 Å². The summed E-state index contributed by atoms with van der Waals surface area (Å²) < 4.78 is 0. The van der Waals surface area contributed by atoms with Gasteiger partial charge in [-0.1, -0.05) is 61.4 Å². The quantitative estimate of drug-likeness (QED) is 0.903. The third kappa shape index (κ3) is 3.16. The van der Waals surface area contributed by atoms with Crippen LogP contribution < -0.4 is 5.73 Å². The summed E-state index contributed by atoms with van der Waals surface area (Å²) >= 11 is 0. The zero-order chi connectivity index (χ0) is 15.4. The first-order valence-corrected chi connectivity index (χ1v) is 8.14. The summed E-state index contributed by atoms with van der Waals surface area (Å²) in [5, 5.41) is 10.7. The van der Waals surface area contributed by atoms with E-state index in [1.807, 2.05) is 48.5 Å². The molecule has 1 aliphatic heterocycles. The van der Waals surface area contributed by atoms with Gasteiger partial charge in [-0.25, -0.2) is 0 Å². The highest BCUT2D eigenvalue weighted by Gasteiger charge is 2.21. The highest BCUT2D eigenvalue weighted by Crippen LogP contribution is 2.35. The summed E-state index contributed by atoms with van der Waals surface area (Å²) in [6.07, 6.45) is 4.69. The molecule has 0 spiro atoms. The number of likely N-dealkylation sites (tertiary alicyclic amines) is 1. The van der Waals surface area contributed by atoms with E-state index in [-0.39, 0.29) is 6.17 Å². The molecule has 2 aromatic rings. The van der Waals surface area contributed by atoms with E-state index in [0.717, 1.165) is 29.8 Å². The van der Waals surface area contributed by atoms with E-state index in [0.29, 0.717) is 5.75 Å². The molecular formula is C19H24N2O. The lowest BCUT2D eigenvalue weighted by Gasteiger charge is -2.28. The summed E-state index contributed by atoms with van der Waals surface area (Å²) in [5.74, 6) is 0.311. The van der Waals surface area contributed by atoms with Crippen LogP contribution in [0.15, 0.2) is 48.5 Å². The van der Waals surface area contributed by atoms with Crippen LogP contribution in [0.5, 0.6) is 5.75 Å². The SMILES string of the molecule is NC(c1cccc(-c2ccccc2)c1O)N1CCCCCC1. The largest absolute Gasteiger partial charge is 0.507 e. The molecule has 0 aliphatic carbocycles. The average molecular weight is 296 g/mol. The van der Waals surface area contributed by atoms with Crippen LogP contribution in [-0.2, 0) is 0 Å². The summed E-state index contributed by atoms with van der Waals surface area (Å²) in [7, 11) is 0. The third-order valence-electron chi connectivity index (χ3n) is 4.50. The minimum absolute atomic E-state index is 0.234. The number of aromatic hydroxyl groups is 1. The molecule has 0 saturated carbocycles. The van der Waals surface area contributed by atoms with Gasteiger partial charge >= 0.3 is 0 Å². The van der Waals surface area contributed by atoms with E-state index in [9.17, 15) is 5.11 Å². The van der Waals surface area contributed by atoms with Crippen LogP contribution in [0.25, 0.3) is 11.1 Å². The van der Waals surface area contributed by atoms with Crippen LogP contribution in [0.3, 0.4) is 0 Å². The second-order valence-corrected chi connectivity index (χ2v) is 6.00. The van der Waals surface area contributed by atoms with Gasteiger partial charge in [0, 0.05) is 11.1 Å². The van der Waals surface area contributed by atoms with Crippen LogP contribution in [-0.4, -0.2) is 23.1 Å². The predicted molar refractivity (Wildman–Crippen MR) is 90.5 cm³/mol. The molecule has 3 rings (SSSR count). The molecule has 3 N–H and O–H groups in total. The number of phenols is 1. The molecule has 1 atom stereocenters. The molecule has 2 aromatic carbocycles. The molecule has 116 valence electrons. The van der Waals surface area contributed by atoms with E-state index in [1.165, 1.54) is 25.7 Å². The van der Waals surface area contributed by atoms with Crippen molar-refractivity contribution in [3.05, 3.63) is 54.1 Å². The Bertz CT molecular complexity index is 604. The van der Waals surface area contributed by atoms with Crippen molar-refractivity contribution in [3.8, 4) is 16.9 Å². The number of nitrogens with zero attached hydrogens (tertiary/aromatic N) is 1. The van der Waals surface area contributed by atoms with Crippen LogP contribution in [0.2, 0.25) is 0 Å². The fourth-order valence-corrected chi connectivity index (χ4v) is 3.22. The Morgan fingerprint density at radius 3 is 2.23 bits per heavy atom. The second-order valence-electron chi connectivity index (χ2n) is 6.00. The number of para-hydroxylation sites is 1. The van der Waals surface area contributed by atoms with Crippen LogP contribution in [0.4, 0.5) is 0 Å². The van der Waals surface area contributed by atoms with Crippen LogP contribution >= 0.6 is 0 Å². The first kappa shape index (κ1) is 15.1. The highest BCUT2D eigenvalue weighted by atomic mass is 16.3. The smallest absolute Gasteiger partial charge is 0.129 e. The number of nitrogens with two attached hydrogens (primary N) is 1. The molecule has 1 saturated heterocycles. The van der Waals surface area contributed by atoms with Crippen molar-refractivity contribution in [2.24, 2.45) is 5.73 Å². The average Bonchev–Trinajstić information content (AvgIpc) is 2.84. The molecular weight excluding hydrogens is 272 g/mol. The second kappa shape index (κ2) is 6.95. The van der Waals surface area contributed by atoms with Crippen molar-refractivity contribution in [1.29, 1.82) is 0 Å². The van der Waals surface area contributed by atoms with Crippen molar-refractivity contribution in [2.45, 2.75) is 31.8 Å². The maximum absolute atomic E-state index is 10.7. The molecule has 1 unspecified atom stereocenters. The summed E-state index contributed by atoms with van der Waals surface area (Å²) in [5.41, 5.74) is 9.14. The normalized spacial score (nSPS) is 17.9.